The van der Waals surface area contributed by atoms with Crippen LogP contribution in [-0.4, -0.2) is 28.5 Å². The molecular formula is C21H21BrN4O2. The summed E-state index contributed by atoms with van der Waals surface area (Å²) < 4.78 is 2.13. The van der Waals surface area contributed by atoms with Crippen molar-refractivity contribution >= 4 is 44.1 Å². The number of halogens is 1. The number of benzene rings is 2. The van der Waals surface area contributed by atoms with Crippen molar-refractivity contribution in [3.05, 3.63) is 63.6 Å². The molecule has 2 aromatic carbocycles. The molecule has 0 aliphatic carbocycles. The Morgan fingerprint density at radius 2 is 1.82 bits per heavy atom. The molecule has 0 bridgehead atoms. The van der Waals surface area contributed by atoms with Crippen LogP contribution in [0.2, 0.25) is 0 Å². The van der Waals surface area contributed by atoms with Crippen LogP contribution in [0, 0.1) is 0 Å². The molecule has 144 valence electrons. The number of rotatable bonds is 4. The minimum absolute atomic E-state index is 0.0812. The second kappa shape index (κ2) is 8.14. The molecule has 6 nitrogen and oxygen atoms in total. The average molecular weight is 441 g/mol. The summed E-state index contributed by atoms with van der Waals surface area (Å²) in [5.41, 5.74) is 2.27. The number of fused-ring (bicyclic) bond motifs is 1. The van der Waals surface area contributed by atoms with Gasteiger partial charge in [0.2, 0.25) is 5.91 Å². The van der Waals surface area contributed by atoms with Crippen molar-refractivity contribution in [3.8, 4) is 0 Å². The number of hydrogen-bond acceptors (Lipinski definition) is 4. The number of nitrogens with zero attached hydrogens (tertiary/aromatic N) is 3. The van der Waals surface area contributed by atoms with Crippen LogP contribution < -0.4 is 15.8 Å². The molecular weight excluding hydrogens is 420 g/mol. The zero-order valence-electron chi connectivity index (χ0n) is 15.4. The molecule has 0 unspecified atom stereocenters. The van der Waals surface area contributed by atoms with E-state index in [1.165, 1.54) is 35.8 Å². The molecule has 1 aliphatic heterocycles. The Hall–Kier alpha value is -2.67. The molecule has 7 heteroatoms. The lowest BCUT2D eigenvalue weighted by Gasteiger charge is -2.28. The van der Waals surface area contributed by atoms with E-state index in [1.807, 2.05) is 30.3 Å². The summed E-state index contributed by atoms with van der Waals surface area (Å²) in [5, 5.41) is 3.33. The minimum Gasteiger partial charge on any atom is -0.372 e. The second-order valence-electron chi connectivity index (χ2n) is 6.98. The van der Waals surface area contributed by atoms with Crippen LogP contribution in [0.5, 0.6) is 0 Å². The SMILES string of the molecule is O=C(Cn1cnc2ccc(Br)cc2c1=O)Nc1ccc(N2CCCCC2)cc1. The highest BCUT2D eigenvalue weighted by Crippen LogP contribution is 2.22. The highest BCUT2D eigenvalue weighted by Gasteiger charge is 2.12. The number of piperidine rings is 1. The lowest BCUT2D eigenvalue weighted by Crippen LogP contribution is -2.29. The van der Waals surface area contributed by atoms with Crippen LogP contribution >= 0.6 is 15.9 Å². The normalized spacial score (nSPS) is 14.2. The molecule has 2 heterocycles. The number of aromatic nitrogens is 2. The molecule has 1 aromatic heterocycles. The number of carbonyl (C=O) groups is 1. The molecule has 1 aliphatic rings. The third kappa shape index (κ3) is 4.09. The molecule has 0 spiro atoms. The maximum Gasteiger partial charge on any atom is 0.261 e. The van der Waals surface area contributed by atoms with Crippen molar-refractivity contribution in [2.45, 2.75) is 25.8 Å². The third-order valence-electron chi connectivity index (χ3n) is 4.97. The number of anilines is 2. The first kappa shape index (κ1) is 18.7. The first-order valence-electron chi connectivity index (χ1n) is 9.40. The van der Waals surface area contributed by atoms with E-state index in [9.17, 15) is 9.59 Å². The van der Waals surface area contributed by atoms with Gasteiger partial charge in [0.25, 0.3) is 5.56 Å². The Morgan fingerprint density at radius 1 is 1.07 bits per heavy atom. The van der Waals surface area contributed by atoms with E-state index in [4.69, 9.17) is 0 Å². The van der Waals surface area contributed by atoms with Crippen LogP contribution in [0.3, 0.4) is 0 Å². The quantitative estimate of drug-likeness (QED) is 0.669. The predicted molar refractivity (Wildman–Crippen MR) is 115 cm³/mol. The van der Waals surface area contributed by atoms with Crippen LogP contribution in [0.25, 0.3) is 10.9 Å². The Balaban J connectivity index is 1.45. The molecule has 3 aromatic rings. The molecule has 0 radical (unpaired) electrons. The van der Waals surface area contributed by atoms with E-state index < -0.39 is 0 Å². The van der Waals surface area contributed by atoms with Crippen molar-refractivity contribution in [1.82, 2.24) is 9.55 Å². The predicted octanol–water partition coefficient (Wildman–Crippen LogP) is 3.79. The zero-order chi connectivity index (χ0) is 19.5. The third-order valence-corrected chi connectivity index (χ3v) is 5.47. The molecule has 0 saturated carbocycles. The highest BCUT2D eigenvalue weighted by molar-refractivity contribution is 9.10. The van der Waals surface area contributed by atoms with Crippen LogP contribution in [-0.2, 0) is 11.3 Å². The standard InChI is InChI=1S/C21H21BrN4O2/c22-15-4-9-19-18(12-15)21(28)26(14-23-19)13-20(27)24-16-5-7-17(8-6-16)25-10-2-1-3-11-25/h4-9,12,14H,1-3,10-11,13H2,(H,24,27). The maximum absolute atomic E-state index is 12.6. The van der Waals surface area contributed by atoms with E-state index >= 15 is 0 Å². The molecule has 1 fully saturated rings. The van der Waals surface area contributed by atoms with Crippen molar-refractivity contribution in [2.75, 3.05) is 23.3 Å². The van der Waals surface area contributed by atoms with Crippen molar-refractivity contribution < 1.29 is 4.79 Å². The Kier molecular flexibility index (Phi) is 5.43. The van der Waals surface area contributed by atoms with Gasteiger partial charge in [-0.15, -0.1) is 0 Å². The van der Waals surface area contributed by atoms with Gasteiger partial charge in [-0.2, -0.15) is 0 Å². The van der Waals surface area contributed by atoms with E-state index in [-0.39, 0.29) is 18.0 Å². The zero-order valence-corrected chi connectivity index (χ0v) is 17.0. The van der Waals surface area contributed by atoms with Crippen LogP contribution in [0.4, 0.5) is 11.4 Å². The van der Waals surface area contributed by atoms with Gasteiger partial charge in [-0.25, -0.2) is 4.98 Å². The smallest absolute Gasteiger partial charge is 0.261 e. The van der Waals surface area contributed by atoms with E-state index in [0.29, 0.717) is 10.9 Å². The molecule has 1 amide bonds. The first-order chi connectivity index (χ1) is 13.6. The van der Waals surface area contributed by atoms with Crippen LogP contribution in [0.15, 0.2) is 58.1 Å². The fraction of sp³-hybridized carbons (Fsp3) is 0.286. The second-order valence-corrected chi connectivity index (χ2v) is 7.90. The van der Waals surface area contributed by atoms with Gasteiger partial charge in [0.05, 0.1) is 17.2 Å². The Bertz CT molecular complexity index is 1060. The Morgan fingerprint density at radius 3 is 2.57 bits per heavy atom. The van der Waals surface area contributed by atoms with Gasteiger partial charge in [-0.05, 0) is 61.7 Å². The maximum atomic E-state index is 12.6. The molecule has 1 N–H and O–H groups in total. The fourth-order valence-electron chi connectivity index (χ4n) is 3.51. The van der Waals surface area contributed by atoms with Gasteiger partial charge in [0, 0.05) is 28.9 Å². The van der Waals surface area contributed by atoms with E-state index in [2.05, 4.69) is 31.1 Å². The van der Waals surface area contributed by atoms with Crippen molar-refractivity contribution in [1.29, 1.82) is 0 Å². The van der Waals surface area contributed by atoms with E-state index in [1.54, 1.807) is 12.1 Å². The molecule has 1 saturated heterocycles. The van der Waals surface area contributed by atoms with Crippen LogP contribution in [0.1, 0.15) is 19.3 Å². The Labute approximate surface area is 171 Å². The van der Waals surface area contributed by atoms with Gasteiger partial charge >= 0.3 is 0 Å². The number of nitrogens with one attached hydrogen (secondary N) is 1. The number of amides is 1. The fourth-order valence-corrected chi connectivity index (χ4v) is 3.87. The first-order valence-corrected chi connectivity index (χ1v) is 10.2. The average Bonchev–Trinajstić information content (AvgIpc) is 2.72. The van der Waals surface area contributed by atoms with Gasteiger partial charge < -0.3 is 10.2 Å². The van der Waals surface area contributed by atoms with Crippen molar-refractivity contribution in [2.24, 2.45) is 0 Å². The monoisotopic (exact) mass is 440 g/mol. The summed E-state index contributed by atoms with van der Waals surface area (Å²) in [6.07, 6.45) is 5.16. The summed E-state index contributed by atoms with van der Waals surface area (Å²) >= 11 is 3.36. The van der Waals surface area contributed by atoms with Gasteiger partial charge in [0.15, 0.2) is 0 Å². The lowest BCUT2D eigenvalue weighted by molar-refractivity contribution is -0.116. The summed E-state index contributed by atoms with van der Waals surface area (Å²) in [4.78, 5) is 31.6. The van der Waals surface area contributed by atoms with Gasteiger partial charge in [-0.3, -0.25) is 14.2 Å². The summed E-state index contributed by atoms with van der Waals surface area (Å²) in [6.45, 7) is 2.08. The largest absolute Gasteiger partial charge is 0.372 e. The number of hydrogen-bond donors (Lipinski definition) is 1. The molecule has 0 atom stereocenters. The summed E-state index contributed by atoms with van der Waals surface area (Å²) in [6, 6.07) is 13.2. The molecule has 4 rings (SSSR count). The number of carbonyl (C=O) groups excluding carboxylic acids is 1. The highest BCUT2D eigenvalue weighted by atomic mass is 79.9. The summed E-state index contributed by atoms with van der Waals surface area (Å²) in [7, 11) is 0. The van der Waals surface area contributed by atoms with Crippen molar-refractivity contribution in [3.63, 3.8) is 0 Å². The molecule has 28 heavy (non-hydrogen) atoms. The minimum atomic E-state index is -0.260. The topological polar surface area (TPSA) is 67.2 Å². The summed E-state index contributed by atoms with van der Waals surface area (Å²) in [5.74, 6) is -0.260. The van der Waals surface area contributed by atoms with Gasteiger partial charge in [-0.1, -0.05) is 15.9 Å². The van der Waals surface area contributed by atoms with Gasteiger partial charge in [0.1, 0.15) is 6.54 Å². The lowest BCUT2D eigenvalue weighted by atomic mass is 10.1. The van der Waals surface area contributed by atoms with E-state index in [0.717, 1.165) is 23.2 Å².